The van der Waals surface area contributed by atoms with Crippen molar-refractivity contribution in [1.82, 2.24) is 0 Å². The molecule has 0 bridgehead atoms. The Hall–Kier alpha value is -1.25. The SMILES string of the molecule is C=C1C(C)(C)C(=O)C(C(=O)CC(C)C)C(=O)C1(C)C. The fourth-order valence-corrected chi connectivity index (χ4v) is 2.73. The van der Waals surface area contributed by atoms with Crippen LogP contribution in [0.1, 0.15) is 48.0 Å². The van der Waals surface area contributed by atoms with Gasteiger partial charge in [0.2, 0.25) is 0 Å². The zero-order valence-corrected chi connectivity index (χ0v) is 12.8. The molecule has 0 aromatic rings. The first-order valence-corrected chi connectivity index (χ1v) is 6.75. The van der Waals surface area contributed by atoms with Crippen LogP contribution in [0.2, 0.25) is 0 Å². The third-order valence-corrected chi connectivity index (χ3v) is 4.20. The molecule has 106 valence electrons. The Labute approximate surface area is 115 Å². The van der Waals surface area contributed by atoms with Crippen molar-refractivity contribution in [3.05, 3.63) is 12.2 Å². The number of Topliss-reactive ketones (excluding diaryl/α,β-unsaturated/α-hetero) is 3. The second-order valence-corrected chi connectivity index (χ2v) is 6.95. The van der Waals surface area contributed by atoms with Crippen molar-refractivity contribution in [2.45, 2.75) is 48.0 Å². The molecule has 0 N–H and O–H groups in total. The summed E-state index contributed by atoms with van der Waals surface area (Å²) in [5.74, 6) is -1.82. The first-order chi connectivity index (χ1) is 8.44. The topological polar surface area (TPSA) is 51.2 Å². The Morgan fingerprint density at radius 1 is 1.11 bits per heavy atom. The fourth-order valence-electron chi connectivity index (χ4n) is 2.73. The van der Waals surface area contributed by atoms with Crippen LogP contribution in [0.15, 0.2) is 12.2 Å². The quantitative estimate of drug-likeness (QED) is 0.581. The number of rotatable bonds is 3. The van der Waals surface area contributed by atoms with Gasteiger partial charge in [-0.25, -0.2) is 0 Å². The molecule has 0 saturated heterocycles. The van der Waals surface area contributed by atoms with Gasteiger partial charge in [0, 0.05) is 17.3 Å². The van der Waals surface area contributed by atoms with Crippen LogP contribution in [0.3, 0.4) is 0 Å². The molecule has 19 heavy (non-hydrogen) atoms. The molecule has 3 nitrogen and oxygen atoms in total. The van der Waals surface area contributed by atoms with Crippen LogP contribution in [0.25, 0.3) is 0 Å². The van der Waals surface area contributed by atoms with Crippen molar-refractivity contribution in [3.8, 4) is 0 Å². The lowest BCUT2D eigenvalue weighted by Gasteiger charge is -2.44. The Morgan fingerprint density at radius 2 is 1.47 bits per heavy atom. The smallest absolute Gasteiger partial charge is 0.160 e. The average Bonchev–Trinajstić information content (AvgIpc) is 2.25. The summed E-state index contributed by atoms with van der Waals surface area (Å²) in [5.41, 5.74) is -1.05. The third-order valence-electron chi connectivity index (χ3n) is 4.20. The second kappa shape index (κ2) is 4.69. The molecule has 0 atom stereocenters. The summed E-state index contributed by atoms with van der Waals surface area (Å²) in [5, 5.41) is 0. The largest absolute Gasteiger partial charge is 0.298 e. The van der Waals surface area contributed by atoms with Gasteiger partial charge in [-0.05, 0) is 33.6 Å². The van der Waals surface area contributed by atoms with Gasteiger partial charge in [0.25, 0.3) is 0 Å². The molecule has 1 aliphatic rings. The zero-order chi connectivity index (χ0) is 15.2. The monoisotopic (exact) mass is 264 g/mol. The number of hydrogen-bond donors (Lipinski definition) is 0. The van der Waals surface area contributed by atoms with E-state index in [9.17, 15) is 14.4 Å². The summed E-state index contributed by atoms with van der Waals surface area (Å²) in [7, 11) is 0. The van der Waals surface area contributed by atoms with Crippen molar-refractivity contribution >= 4 is 17.3 Å². The van der Waals surface area contributed by atoms with Gasteiger partial charge in [-0.15, -0.1) is 0 Å². The maximum atomic E-state index is 12.5. The minimum Gasteiger partial charge on any atom is -0.298 e. The summed E-state index contributed by atoms with van der Waals surface area (Å²) in [6.45, 7) is 14.7. The summed E-state index contributed by atoms with van der Waals surface area (Å²) in [4.78, 5) is 37.2. The predicted molar refractivity (Wildman–Crippen MR) is 74.7 cm³/mol. The van der Waals surface area contributed by atoms with Crippen molar-refractivity contribution in [2.24, 2.45) is 22.7 Å². The van der Waals surface area contributed by atoms with Crippen LogP contribution in [-0.4, -0.2) is 17.3 Å². The van der Waals surface area contributed by atoms with E-state index in [1.54, 1.807) is 27.7 Å². The van der Waals surface area contributed by atoms with E-state index in [0.29, 0.717) is 5.57 Å². The number of carbonyl (C=O) groups excluding carboxylic acids is 3. The lowest BCUT2D eigenvalue weighted by atomic mass is 9.56. The van der Waals surface area contributed by atoms with E-state index < -0.39 is 16.7 Å². The van der Waals surface area contributed by atoms with Crippen molar-refractivity contribution < 1.29 is 14.4 Å². The minimum absolute atomic E-state index is 0.143. The van der Waals surface area contributed by atoms with E-state index in [4.69, 9.17) is 0 Å². The van der Waals surface area contributed by atoms with Crippen molar-refractivity contribution in [1.29, 1.82) is 0 Å². The van der Waals surface area contributed by atoms with Gasteiger partial charge in [0.15, 0.2) is 17.3 Å². The maximum absolute atomic E-state index is 12.5. The summed E-state index contributed by atoms with van der Waals surface area (Å²) in [6, 6.07) is 0. The Morgan fingerprint density at radius 3 is 1.79 bits per heavy atom. The number of hydrogen-bond acceptors (Lipinski definition) is 3. The molecule has 0 radical (unpaired) electrons. The Balaban J connectivity index is 3.25. The van der Waals surface area contributed by atoms with Crippen LogP contribution in [0, 0.1) is 22.7 Å². The molecule has 1 aliphatic carbocycles. The van der Waals surface area contributed by atoms with E-state index >= 15 is 0 Å². The highest BCUT2D eigenvalue weighted by Gasteiger charge is 2.55. The van der Waals surface area contributed by atoms with Gasteiger partial charge in [-0.1, -0.05) is 26.0 Å². The Bertz CT molecular complexity index is 423. The van der Waals surface area contributed by atoms with E-state index in [0.717, 1.165) is 0 Å². The summed E-state index contributed by atoms with van der Waals surface area (Å²) >= 11 is 0. The van der Waals surface area contributed by atoms with Crippen LogP contribution >= 0.6 is 0 Å². The minimum atomic E-state index is -1.11. The zero-order valence-electron chi connectivity index (χ0n) is 12.8. The van der Waals surface area contributed by atoms with Gasteiger partial charge in [0.05, 0.1) is 0 Å². The normalized spacial score (nSPS) is 23.0. The molecule has 0 spiro atoms. The van der Waals surface area contributed by atoms with E-state index in [1.165, 1.54) is 0 Å². The summed E-state index contributed by atoms with van der Waals surface area (Å²) < 4.78 is 0. The van der Waals surface area contributed by atoms with Gasteiger partial charge < -0.3 is 0 Å². The molecule has 0 aromatic heterocycles. The number of ketones is 3. The molecule has 0 aliphatic heterocycles. The first kappa shape index (κ1) is 15.8. The highest BCUT2D eigenvalue weighted by atomic mass is 16.2. The lowest BCUT2D eigenvalue weighted by molar-refractivity contribution is -0.150. The molecule has 0 unspecified atom stereocenters. The molecule has 0 aromatic carbocycles. The van der Waals surface area contributed by atoms with Crippen molar-refractivity contribution in [3.63, 3.8) is 0 Å². The molecule has 1 fully saturated rings. The highest BCUT2D eigenvalue weighted by Crippen LogP contribution is 2.48. The van der Waals surface area contributed by atoms with E-state index in [1.807, 2.05) is 13.8 Å². The fraction of sp³-hybridized carbons (Fsp3) is 0.688. The Kier molecular flexibility index (Phi) is 3.91. The summed E-state index contributed by atoms with van der Waals surface area (Å²) in [6.07, 6.45) is 0.265. The predicted octanol–water partition coefficient (Wildman–Crippen LogP) is 2.98. The van der Waals surface area contributed by atoms with Crippen LogP contribution in [0.4, 0.5) is 0 Å². The second-order valence-electron chi connectivity index (χ2n) is 6.95. The van der Waals surface area contributed by atoms with E-state index in [-0.39, 0.29) is 29.7 Å². The lowest BCUT2D eigenvalue weighted by Crippen LogP contribution is -2.54. The van der Waals surface area contributed by atoms with Gasteiger partial charge in [-0.3, -0.25) is 14.4 Å². The van der Waals surface area contributed by atoms with Crippen LogP contribution in [-0.2, 0) is 14.4 Å². The van der Waals surface area contributed by atoms with Gasteiger partial charge in [0.1, 0.15) is 5.92 Å². The number of carbonyl (C=O) groups is 3. The molecular formula is C16H24O3. The molecule has 1 rings (SSSR count). The third kappa shape index (κ3) is 2.43. The average molecular weight is 264 g/mol. The standard InChI is InChI=1S/C16H24O3/c1-9(2)8-11(17)12-13(18)15(4,5)10(3)16(6,7)14(12)19/h9,12H,3,8H2,1-2,4-7H3. The highest BCUT2D eigenvalue weighted by molar-refractivity contribution is 6.25. The van der Waals surface area contributed by atoms with E-state index in [2.05, 4.69) is 6.58 Å². The number of allylic oxidation sites excluding steroid dienone is 1. The molecular weight excluding hydrogens is 240 g/mol. The first-order valence-electron chi connectivity index (χ1n) is 6.75. The molecule has 3 heteroatoms. The molecule has 1 saturated carbocycles. The van der Waals surface area contributed by atoms with Crippen molar-refractivity contribution in [2.75, 3.05) is 0 Å². The molecule has 0 heterocycles. The van der Waals surface area contributed by atoms with Gasteiger partial charge in [-0.2, -0.15) is 0 Å². The van der Waals surface area contributed by atoms with Crippen LogP contribution in [0.5, 0.6) is 0 Å². The molecule has 0 amide bonds. The van der Waals surface area contributed by atoms with Crippen LogP contribution < -0.4 is 0 Å². The maximum Gasteiger partial charge on any atom is 0.160 e. The van der Waals surface area contributed by atoms with Gasteiger partial charge >= 0.3 is 0 Å².